The van der Waals surface area contributed by atoms with Crippen LogP contribution in [0.5, 0.6) is 5.75 Å². The van der Waals surface area contributed by atoms with Crippen molar-refractivity contribution in [3.8, 4) is 5.75 Å². The third kappa shape index (κ3) is 2.13. The molecule has 2 N–H and O–H groups in total. The molecule has 1 aromatic carbocycles. The lowest BCUT2D eigenvalue weighted by Gasteiger charge is -2.53. The highest BCUT2D eigenvalue weighted by Crippen LogP contribution is 2.43. The Bertz CT molecular complexity index is 397. The molecule has 0 amide bonds. The van der Waals surface area contributed by atoms with Gasteiger partial charge in [-0.05, 0) is 42.9 Å². The van der Waals surface area contributed by atoms with Gasteiger partial charge in [0, 0.05) is 25.2 Å². The summed E-state index contributed by atoms with van der Waals surface area (Å²) < 4.78 is 5.20. The molecule has 4 rings (SSSR count). The Labute approximate surface area is 109 Å². The molecular weight excluding hydrogens is 224 g/mol. The number of fused-ring (bicyclic) bond motifs is 2. The third-order valence-electron chi connectivity index (χ3n) is 4.55. The van der Waals surface area contributed by atoms with Gasteiger partial charge in [0.15, 0.2) is 0 Å². The number of hydrogen-bond acceptors (Lipinski definition) is 3. The van der Waals surface area contributed by atoms with Gasteiger partial charge in [0.2, 0.25) is 0 Å². The van der Waals surface area contributed by atoms with E-state index in [1.54, 1.807) is 7.11 Å². The number of methoxy groups -OCH3 is 1. The summed E-state index contributed by atoms with van der Waals surface area (Å²) in [6.45, 7) is 1.83. The Morgan fingerprint density at radius 1 is 1.22 bits per heavy atom. The molecule has 2 heterocycles. The highest BCUT2D eigenvalue weighted by atomic mass is 16.5. The van der Waals surface area contributed by atoms with Crippen molar-refractivity contribution in [2.45, 2.75) is 37.9 Å². The SMILES string of the molecule is COc1ccc(CN2C3CC(C3)C[C@H]2CN)cc1. The lowest BCUT2D eigenvalue weighted by molar-refractivity contribution is -0.0345. The molecule has 2 saturated heterocycles. The summed E-state index contributed by atoms with van der Waals surface area (Å²) in [4.78, 5) is 2.61. The van der Waals surface area contributed by atoms with Gasteiger partial charge in [0.05, 0.1) is 7.11 Å². The van der Waals surface area contributed by atoms with E-state index in [1.165, 1.54) is 24.8 Å². The molecule has 2 aliphatic heterocycles. The largest absolute Gasteiger partial charge is 0.497 e. The Balaban J connectivity index is 1.69. The van der Waals surface area contributed by atoms with Crippen molar-refractivity contribution in [3.63, 3.8) is 0 Å². The fourth-order valence-corrected chi connectivity index (χ4v) is 3.41. The zero-order chi connectivity index (χ0) is 12.5. The minimum atomic E-state index is 0.588. The van der Waals surface area contributed by atoms with Gasteiger partial charge < -0.3 is 10.5 Å². The molecule has 0 unspecified atom stereocenters. The van der Waals surface area contributed by atoms with Gasteiger partial charge in [-0.3, -0.25) is 4.90 Å². The lowest BCUT2D eigenvalue weighted by atomic mass is 9.70. The quantitative estimate of drug-likeness (QED) is 0.883. The van der Waals surface area contributed by atoms with E-state index in [9.17, 15) is 0 Å². The fraction of sp³-hybridized carbons (Fsp3) is 0.600. The molecule has 1 atom stereocenters. The van der Waals surface area contributed by atoms with Crippen molar-refractivity contribution in [2.75, 3.05) is 13.7 Å². The number of rotatable bonds is 4. The number of piperidine rings is 2. The first kappa shape index (κ1) is 12.0. The van der Waals surface area contributed by atoms with E-state index in [0.717, 1.165) is 30.8 Å². The number of hydrogen-bond donors (Lipinski definition) is 1. The molecule has 3 nitrogen and oxygen atoms in total. The first-order valence-corrected chi connectivity index (χ1v) is 6.89. The molecule has 0 radical (unpaired) electrons. The van der Waals surface area contributed by atoms with Gasteiger partial charge in [-0.2, -0.15) is 0 Å². The van der Waals surface area contributed by atoms with Gasteiger partial charge in [0.1, 0.15) is 5.75 Å². The summed E-state index contributed by atoms with van der Waals surface area (Å²) in [7, 11) is 1.71. The lowest BCUT2D eigenvalue weighted by Crippen LogP contribution is -2.58. The van der Waals surface area contributed by atoms with Crippen molar-refractivity contribution >= 4 is 0 Å². The van der Waals surface area contributed by atoms with E-state index in [0.29, 0.717) is 6.04 Å². The highest BCUT2D eigenvalue weighted by Gasteiger charge is 2.43. The van der Waals surface area contributed by atoms with E-state index >= 15 is 0 Å². The second-order valence-corrected chi connectivity index (χ2v) is 5.64. The maximum absolute atomic E-state index is 5.91. The van der Waals surface area contributed by atoms with Crippen molar-refractivity contribution in [1.82, 2.24) is 4.90 Å². The van der Waals surface area contributed by atoms with E-state index in [2.05, 4.69) is 17.0 Å². The molecule has 3 heteroatoms. The van der Waals surface area contributed by atoms with Crippen LogP contribution >= 0.6 is 0 Å². The zero-order valence-electron chi connectivity index (χ0n) is 11.0. The Hall–Kier alpha value is -1.06. The van der Waals surface area contributed by atoms with Crippen LogP contribution in [0, 0.1) is 5.92 Å². The molecule has 1 aromatic rings. The minimum absolute atomic E-state index is 0.588. The Morgan fingerprint density at radius 2 is 1.94 bits per heavy atom. The van der Waals surface area contributed by atoms with Crippen molar-refractivity contribution in [3.05, 3.63) is 29.8 Å². The first-order valence-electron chi connectivity index (χ1n) is 6.89. The topological polar surface area (TPSA) is 38.5 Å². The van der Waals surface area contributed by atoms with E-state index in [1.807, 2.05) is 12.1 Å². The standard InChI is InChI=1S/C15H22N2O/c1-18-15-4-2-11(3-5-15)10-17-13-6-12(7-13)8-14(17)9-16/h2-5,12-14H,6-10,16H2,1H3/t12?,13?,14-/m0/s1. The maximum Gasteiger partial charge on any atom is 0.118 e. The van der Waals surface area contributed by atoms with Crippen LogP contribution < -0.4 is 10.5 Å². The molecule has 3 fully saturated rings. The van der Waals surface area contributed by atoms with E-state index in [4.69, 9.17) is 10.5 Å². The second-order valence-electron chi connectivity index (χ2n) is 5.64. The van der Waals surface area contributed by atoms with Crippen LogP contribution in [-0.4, -0.2) is 30.6 Å². The van der Waals surface area contributed by atoms with Crippen LogP contribution in [0.4, 0.5) is 0 Å². The van der Waals surface area contributed by atoms with Gasteiger partial charge in [0.25, 0.3) is 0 Å². The first-order chi connectivity index (χ1) is 8.80. The number of nitrogens with two attached hydrogens (primary N) is 1. The fourth-order valence-electron chi connectivity index (χ4n) is 3.41. The molecule has 0 aromatic heterocycles. The van der Waals surface area contributed by atoms with E-state index in [-0.39, 0.29) is 0 Å². The van der Waals surface area contributed by atoms with Crippen molar-refractivity contribution in [1.29, 1.82) is 0 Å². The van der Waals surface area contributed by atoms with Gasteiger partial charge in [-0.15, -0.1) is 0 Å². The smallest absolute Gasteiger partial charge is 0.118 e. The summed E-state index contributed by atoms with van der Waals surface area (Å²) in [6, 6.07) is 9.78. The highest BCUT2D eigenvalue weighted by molar-refractivity contribution is 5.27. The second kappa shape index (κ2) is 4.90. The van der Waals surface area contributed by atoms with Crippen LogP contribution in [0.3, 0.4) is 0 Å². The molecule has 3 aliphatic rings. The average molecular weight is 246 g/mol. The molecule has 1 saturated carbocycles. The Morgan fingerprint density at radius 3 is 2.56 bits per heavy atom. The molecule has 2 bridgehead atoms. The monoisotopic (exact) mass is 246 g/mol. The summed E-state index contributed by atoms with van der Waals surface area (Å²) in [5.74, 6) is 1.88. The third-order valence-corrected chi connectivity index (χ3v) is 4.55. The molecule has 0 spiro atoms. The normalized spacial score (nSPS) is 30.9. The number of benzene rings is 1. The summed E-state index contributed by atoms with van der Waals surface area (Å²) in [6.07, 6.45) is 4.06. The molecular formula is C15H22N2O. The van der Waals surface area contributed by atoms with E-state index < -0.39 is 0 Å². The van der Waals surface area contributed by atoms with Gasteiger partial charge >= 0.3 is 0 Å². The van der Waals surface area contributed by atoms with Crippen LogP contribution in [-0.2, 0) is 6.54 Å². The van der Waals surface area contributed by atoms with Crippen molar-refractivity contribution in [2.24, 2.45) is 11.7 Å². The zero-order valence-corrected chi connectivity index (χ0v) is 11.0. The predicted octanol–water partition coefficient (Wildman–Crippen LogP) is 2.01. The summed E-state index contributed by atoms with van der Waals surface area (Å²) >= 11 is 0. The predicted molar refractivity (Wildman–Crippen MR) is 72.5 cm³/mol. The van der Waals surface area contributed by atoms with Crippen LogP contribution in [0.25, 0.3) is 0 Å². The summed E-state index contributed by atoms with van der Waals surface area (Å²) in [5, 5.41) is 0. The van der Waals surface area contributed by atoms with Crippen LogP contribution in [0.2, 0.25) is 0 Å². The molecule has 18 heavy (non-hydrogen) atoms. The van der Waals surface area contributed by atoms with Gasteiger partial charge in [-0.25, -0.2) is 0 Å². The maximum atomic E-state index is 5.91. The average Bonchev–Trinajstić information content (AvgIpc) is 2.38. The van der Waals surface area contributed by atoms with Gasteiger partial charge in [-0.1, -0.05) is 12.1 Å². The number of ether oxygens (including phenoxy) is 1. The number of nitrogens with zero attached hydrogens (tertiary/aromatic N) is 1. The minimum Gasteiger partial charge on any atom is -0.497 e. The molecule has 1 aliphatic carbocycles. The molecule has 98 valence electrons. The summed E-state index contributed by atoms with van der Waals surface area (Å²) in [5.41, 5.74) is 7.27. The van der Waals surface area contributed by atoms with Crippen LogP contribution in [0.15, 0.2) is 24.3 Å². The van der Waals surface area contributed by atoms with Crippen LogP contribution in [0.1, 0.15) is 24.8 Å². The van der Waals surface area contributed by atoms with Crippen molar-refractivity contribution < 1.29 is 4.74 Å². The Kier molecular flexibility index (Phi) is 3.27.